The summed E-state index contributed by atoms with van der Waals surface area (Å²) in [5.41, 5.74) is 0. The molecule has 3 fully saturated rings. The van der Waals surface area contributed by atoms with E-state index in [4.69, 9.17) is 0 Å². The molecule has 4 nitrogen and oxygen atoms in total. The molecule has 3 rings (SSSR count). The number of nitrogens with zero attached hydrogens (tertiary/aromatic N) is 1. The van der Waals surface area contributed by atoms with Gasteiger partial charge in [-0.3, -0.25) is 9.59 Å². The second-order valence-corrected chi connectivity index (χ2v) is 7.30. The standard InChI is InChI=1S/C17H28N2O2/c1-3-11(2)14-17(21)19(10-12-6-4-5-7-12)15(13-8-9-13)16(20)18-14/h11-15H,3-10H2,1-2H3,(H,18,20). The Morgan fingerprint density at radius 1 is 1.19 bits per heavy atom. The third-order valence-electron chi connectivity index (χ3n) is 5.66. The summed E-state index contributed by atoms with van der Waals surface area (Å²) in [6, 6.07) is -0.489. The molecule has 3 unspecified atom stereocenters. The fraction of sp³-hybridized carbons (Fsp3) is 0.882. The van der Waals surface area contributed by atoms with Crippen molar-refractivity contribution in [3.05, 3.63) is 0 Å². The number of rotatable bonds is 5. The van der Waals surface area contributed by atoms with E-state index >= 15 is 0 Å². The Morgan fingerprint density at radius 2 is 1.86 bits per heavy atom. The lowest BCUT2D eigenvalue weighted by atomic mass is 9.92. The second kappa shape index (κ2) is 5.98. The Hall–Kier alpha value is -1.06. The first-order valence-corrected chi connectivity index (χ1v) is 8.72. The molecule has 2 aliphatic carbocycles. The number of piperazine rings is 1. The first kappa shape index (κ1) is 14.9. The van der Waals surface area contributed by atoms with Gasteiger partial charge in [0.1, 0.15) is 12.1 Å². The van der Waals surface area contributed by atoms with Crippen LogP contribution in [0.5, 0.6) is 0 Å². The van der Waals surface area contributed by atoms with Crippen LogP contribution in [0, 0.1) is 17.8 Å². The average Bonchev–Trinajstić information content (AvgIpc) is 3.17. The van der Waals surface area contributed by atoms with Crippen LogP contribution in [0.2, 0.25) is 0 Å². The minimum absolute atomic E-state index is 0.0976. The maximum absolute atomic E-state index is 12.9. The van der Waals surface area contributed by atoms with E-state index in [0.717, 1.165) is 25.8 Å². The Balaban J connectivity index is 1.78. The Morgan fingerprint density at radius 3 is 2.43 bits per heavy atom. The molecular weight excluding hydrogens is 264 g/mol. The van der Waals surface area contributed by atoms with Crippen molar-refractivity contribution < 1.29 is 9.59 Å². The van der Waals surface area contributed by atoms with Crippen molar-refractivity contribution in [1.29, 1.82) is 0 Å². The predicted octanol–water partition coefficient (Wildman–Crippen LogP) is 2.33. The SMILES string of the molecule is CCC(C)C1NC(=O)C(C2CC2)N(CC2CCCC2)C1=O. The smallest absolute Gasteiger partial charge is 0.246 e. The van der Waals surface area contributed by atoms with Crippen LogP contribution in [0.3, 0.4) is 0 Å². The van der Waals surface area contributed by atoms with E-state index in [9.17, 15) is 9.59 Å². The van der Waals surface area contributed by atoms with Gasteiger partial charge in [-0.15, -0.1) is 0 Å². The maximum atomic E-state index is 12.9. The number of amides is 2. The minimum Gasteiger partial charge on any atom is -0.342 e. The Labute approximate surface area is 127 Å². The molecule has 2 saturated carbocycles. The highest BCUT2D eigenvalue weighted by atomic mass is 16.2. The molecule has 3 atom stereocenters. The van der Waals surface area contributed by atoms with Crippen molar-refractivity contribution >= 4 is 11.8 Å². The summed E-state index contributed by atoms with van der Waals surface area (Å²) >= 11 is 0. The van der Waals surface area contributed by atoms with Gasteiger partial charge in [0.05, 0.1) is 0 Å². The van der Waals surface area contributed by atoms with Gasteiger partial charge in [-0.1, -0.05) is 33.1 Å². The van der Waals surface area contributed by atoms with Crippen LogP contribution in [0.25, 0.3) is 0 Å². The number of nitrogens with one attached hydrogen (secondary N) is 1. The van der Waals surface area contributed by atoms with E-state index in [2.05, 4.69) is 19.2 Å². The van der Waals surface area contributed by atoms with E-state index in [-0.39, 0.29) is 29.8 Å². The highest BCUT2D eigenvalue weighted by Crippen LogP contribution is 2.39. The highest BCUT2D eigenvalue weighted by Gasteiger charge is 2.49. The van der Waals surface area contributed by atoms with Crippen LogP contribution in [0.15, 0.2) is 0 Å². The fourth-order valence-electron chi connectivity index (χ4n) is 3.93. The Bertz CT molecular complexity index is 413. The second-order valence-electron chi connectivity index (χ2n) is 7.30. The summed E-state index contributed by atoms with van der Waals surface area (Å²) in [6.07, 6.45) is 8.11. The molecule has 118 valence electrons. The molecule has 0 bridgehead atoms. The fourth-order valence-corrected chi connectivity index (χ4v) is 3.93. The lowest BCUT2D eigenvalue weighted by molar-refractivity contribution is -0.152. The number of carbonyl (C=O) groups is 2. The van der Waals surface area contributed by atoms with Gasteiger partial charge in [-0.2, -0.15) is 0 Å². The molecular formula is C17H28N2O2. The van der Waals surface area contributed by atoms with E-state index in [1.165, 1.54) is 25.7 Å². The summed E-state index contributed by atoms with van der Waals surface area (Å²) in [4.78, 5) is 27.4. The summed E-state index contributed by atoms with van der Waals surface area (Å²) in [5.74, 6) is 1.51. The Kier molecular flexibility index (Phi) is 4.23. The monoisotopic (exact) mass is 292 g/mol. The van der Waals surface area contributed by atoms with Crippen molar-refractivity contribution in [2.75, 3.05) is 6.54 Å². The molecule has 3 aliphatic rings. The van der Waals surface area contributed by atoms with Gasteiger partial charge in [0.15, 0.2) is 0 Å². The van der Waals surface area contributed by atoms with Gasteiger partial charge in [-0.25, -0.2) is 0 Å². The third-order valence-corrected chi connectivity index (χ3v) is 5.66. The molecule has 21 heavy (non-hydrogen) atoms. The molecule has 4 heteroatoms. The number of carbonyl (C=O) groups excluding carboxylic acids is 2. The average molecular weight is 292 g/mol. The minimum atomic E-state index is -0.307. The lowest BCUT2D eigenvalue weighted by Gasteiger charge is -2.42. The van der Waals surface area contributed by atoms with Gasteiger partial charge in [0.2, 0.25) is 11.8 Å². The van der Waals surface area contributed by atoms with E-state index in [1.807, 2.05) is 4.90 Å². The van der Waals surface area contributed by atoms with Crippen molar-refractivity contribution in [1.82, 2.24) is 10.2 Å². The quantitative estimate of drug-likeness (QED) is 0.845. The molecule has 0 aromatic carbocycles. The molecule has 0 radical (unpaired) electrons. The van der Waals surface area contributed by atoms with Gasteiger partial charge in [0.25, 0.3) is 0 Å². The van der Waals surface area contributed by atoms with E-state index < -0.39 is 0 Å². The third kappa shape index (κ3) is 2.95. The largest absolute Gasteiger partial charge is 0.342 e. The topological polar surface area (TPSA) is 49.4 Å². The van der Waals surface area contributed by atoms with Crippen LogP contribution < -0.4 is 5.32 Å². The summed E-state index contributed by atoms with van der Waals surface area (Å²) in [5, 5.41) is 3.01. The summed E-state index contributed by atoms with van der Waals surface area (Å²) in [6.45, 7) is 4.95. The van der Waals surface area contributed by atoms with Crippen LogP contribution in [0.1, 0.15) is 58.8 Å². The summed E-state index contributed by atoms with van der Waals surface area (Å²) < 4.78 is 0. The van der Waals surface area contributed by atoms with Gasteiger partial charge < -0.3 is 10.2 Å². The summed E-state index contributed by atoms with van der Waals surface area (Å²) in [7, 11) is 0. The predicted molar refractivity (Wildman–Crippen MR) is 81.6 cm³/mol. The van der Waals surface area contributed by atoms with Crippen molar-refractivity contribution in [3.63, 3.8) is 0 Å². The first-order chi connectivity index (χ1) is 10.1. The molecule has 1 aliphatic heterocycles. The zero-order valence-electron chi connectivity index (χ0n) is 13.3. The van der Waals surface area contributed by atoms with Crippen LogP contribution in [-0.4, -0.2) is 35.3 Å². The molecule has 0 aromatic heterocycles. The van der Waals surface area contributed by atoms with Crippen molar-refractivity contribution in [3.8, 4) is 0 Å². The number of hydrogen-bond acceptors (Lipinski definition) is 2. The number of hydrogen-bond donors (Lipinski definition) is 1. The molecule has 0 aromatic rings. The van der Waals surface area contributed by atoms with Gasteiger partial charge in [0, 0.05) is 6.54 Å². The van der Waals surface area contributed by atoms with Crippen molar-refractivity contribution in [2.45, 2.75) is 70.9 Å². The zero-order valence-corrected chi connectivity index (χ0v) is 13.3. The normalized spacial score (nSPS) is 32.4. The maximum Gasteiger partial charge on any atom is 0.246 e. The van der Waals surface area contributed by atoms with Crippen LogP contribution >= 0.6 is 0 Å². The first-order valence-electron chi connectivity index (χ1n) is 8.72. The van der Waals surface area contributed by atoms with Crippen molar-refractivity contribution in [2.24, 2.45) is 17.8 Å². The molecule has 2 amide bonds. The van der Waals surface area contributed by atoms with Crippen LogP contribution in [-0.2, 0) is 9.59 Å². The van der Waals surface area contributed by atoms with Gasteiger partial charge >= 0.3 is 0 Å². The van der Waals surface area contributed by atoms with Gasteiger partial charge in [-0.05, 0) is 43.4 Å². The molecule has 1 N–H and O–H groups in total. The van der Waals surface area contributed by atoms with E-state index in [0.29, 0.717) is 11.8 Å². The lowest BCUT2D eigenvalue weighted by Crippen LogP contribution is -2.66. The van der Waals surface area contributed by atoms with Crippen LogP contribution in [0.4, 0.5) is 0 Å². The highest BCUT2D eigenvalue weighted by molar-refractivity contribution is 5.97. The molecule has 1 heterocycles. The zero-order chi connectivity index (χ0) is 15.0. The molecule has 1 saturated heterocycles. The molecule has 0 spiro atoms. The van der Waals surface area contributed by atoms with E-state index in [1.54, 1.807) is 0 Å².